The zero-order chi connectivity index (χ0) is 13.1. The molecule has 0 amide bonds. The maximum absolute atomic E-state index is 13.6. The van der Waals surface area contributed by atoms with Crippen LogP contribution in [-0.2, 0) is 0 Å². The zero-order valence-corrected chi connectivity index (χ0v) is 9.66. The number of nitrogens with one attached hydrogen (secondary N) is 1. The van der Waals surface area contributed by atoms with Crippen molar-refractivity contribution in [3.8, 4) is 0 Å². The van der Waals surface area contributed by atoms with E-state index in [9.17, 15) is 18.9 Å². The van der Waals surface area contributed by atoms with Gasteiger partial charge in [-0.25, -0.2) is 13.8 Å². The summed E-state index contributed by atoms with van der Waals surface area (Å²) in [4.78, 5) is 9.63. The van der Waals surface area contributed by atoms with Crippen LogP contribution in [0.3, 0.4) is 0 Å². The lowest BCUT2D eigenvalue weighted by atomic mass is 10.2. The molecule has 0 aromatic heterocycles. The van der Waals surface area contributed by atoms with Crippen LogP contribution >= 0.6 is 0 Å². The van der Waals surface area contributed by atoms with E-state index in [1.54, 1.807) is 5.01 Å². The lowest BCUT2D eigenvalue weighted by Gasteiger charge is -2.28. The first kappa shape index (κ1) is 12.7. The van der Waals surface area contributed by atoms with Gasteiger partial charge in [-0.2, -0.15) is 0 Å². The first-order valence-corrected chi connectivity index (χ1v) is 5.73. The second-order valence-corrected chi connectivity index (χ2v) is 4.20. The smallest absolute Gasteiger partial charge is 0.275 e. The fourth-order valence-electron chi connectivity index (χ4n) is 1.94. The van der Waals surface area contributed by atoms with Crippen molar-refractivity contribution >= 4 is 11.4 Å². The SMILES string of the molecule is O=[N+]([O-])c1cc(F)c(NN2CCCCC2)c(F)c1. The highest BCUT2D eigenvalue weighted by molar-refractivity contribution is 5.51. The third-order valence-corrected chi connectivity index (χ3v) is 2.86. The maximum atomic E-state index is 13.6. The van der Waals surface area contributed by atoms with Gasteiger partial charge in [0.15, 0.2) is 11.6 Å². The Morgan fingerprint density at radius 3 is 2.22 bits per heavy atom. The van der Waals surface area contributed by atoms with Crippen molar-refractivity contribution in [2.24, 2.45) is 0 Å². The molecule has 0 radical (unpaired) electrons. The number of non-ortho nitro benzene ring substituents is 1. The molecule has 7 heteroatoms. The van der Waals surface area contributed by atoms with E-state index in [-0.39, 0.29) is 5.69 Å². The monoisotopic (exact) mass is 257 g/mol. The number of hydrogen-bond acceptors (Lipinski definition) is 4. The second kappa shape index (κ2) is 5.26. The van der Waals surface area contributed by atoms with Crippen LogP contribution in [0.1, 0.15) is 19.3 Å². The van der Waals surface area contributed by atoms with E-state index in [0.717, 1.165) is 31.4 Å². The second-order valence-electron chi connectivity index (χ2n) is 4.20. The van der Waals surface area contributed by atoms with Crippen molar-refractivity contribution in [2.45, 2.75) is 19.3 Å². The van der Waals surface area contributed by atoms with E-state index in [4.69, 9.17) is 0 Å². The quantitative estimate of drug-likeness (QED) is 0.668. The molecule has 1 N–H and O–H groups in total. The highest BCUT2D eigenvalue weighted by Crippen LogP contribution is 2.25. The predicted molar refractivity (Wildman–Crippen MR) is 62.1 cm³/mol. The summed E-state index contributed by atoms with van der Waals surface area (Å²) in [5.41, 5.74) is 1.72. The number of nitro groups is 1. The average Bonchev–Trinajstić information content (AvgIpc) is 2.34. The fourth-order valence-corrected chi connectivity index (χ4v) is 1.94. The molecule has 0 atom stereocenters. The van der Waals surface area contributed by atoms with Crippen LogP contribution in [0.15, 0.2) is 12.1 Å². The maximum Gasteiger partial charge on any atom is 0.275 e. The van der Waals surface area contributed by atoms with E-state index in [1.807, 2.05) is 0 Å². The molecule has 98 valence electrons. The number of nitro benzene ring substituents is 1. The molecule has 0 bridgehead atoms. The molecule has 1 aliphatic heterocycles. The van der Waals surface area contributed by atoms with Crippen molar-refractivity contribution in [2.75, 3.05) is 18.5 Å². The Labute approximate surface area is 103 Å². The molecular formula is C11H13F2N3O2. The minimum absolute atomic E-state index is 0.331. The molecule has 1 aromatic rings. The van der Waals surface area contributed by atoms with Gasteiger partial charge in [0, 0.05) is 13.1 Å². The number of halogens is 2. The predicted octanol–water partition coefficient (Wildman–Crippen LogP) is 2.69. The van der Waals surface area contributed by atoms with Crippen molar-refractivity contribution in [3.05, 3.63) is 33.9 Å². The van der Waals surface area contributed by atoms with Gasteiger partial charge in [0.05, 0.1) is 17.1 Å². The number of hydrogen-bond donors (Lipinski definition) is 1. The summed E-state index contributed by atoms with van der Waals surface area (Å²) in [6, 6.07) is 1.44. The molecule has 0 spiro atoms. The number of piperidine rings is 1. The normalized spacial score (nSPS) is 16.6. The van der Waals surface area contributed by atoms with Gasteiger partial charge in [0.2, 0.25) is 0 Å². The Balaban J connectivity index is 2.19. The number of rotatable bonds is 3. The summed E-state index contributed by atoms with van der Waals surface area (Å²) in [6.45, 7) is 1.41. The van der Waals surface area contributed by atoms with E-state index in [0.29, 0.717) is 13.1 Å². The standard InChI is InChI=1S/C11H13F2N3O2/c12-9-6-8(16(17)18)7-10(13)11(9)14-15-4-2-1-3-5-15/h6-7,14H,1-5H2. The number of hydrazine groups is 1. The van der Waals surface area contributed by atoms with E-state index >= 15 is 0 Å². The Morgan fingerprint density at radius 1 is 1.17 bits per heavy atom. The van der Waals surface area contributed by atoms with Gasteiger partial charge in [-0.1, -0.05) is 6.42 Å². The van der Waals surface area contributed by atoms with Crippen LogP contribution in [0.4, 0.5) is 20.2 Å². The summed E-state index contributed by atoms with van der Waals surface area (Å²) >= 11 is 0. The van der Waals surface area contributed by atoms with Gasteiger partial charge in [-0.15, -0.1) is 0 Å². The molecule has 0 unspecified atom stereocenters. The third-order valence-electron chi connectivity index (χ3n) is 2.86. The molecule has 1 heterocycles. The van der Waals surface area contributed by atoms with Gasteiger partial charge in [0.25, 0.3) is 5.69 Å². The molecule has 2 rings (SSSR count). The minimum Gasteiger partial charge on any atom is -0.314 e. The molecule has 0 aliphatic carbocycles. The van der Waals surface area contributed by atoms with Gasteiger partial charge in [0.1, 0.15) is 5.69 Å². The third kappa shape index (κ3) is 2.73. The Kier molecular flexibility index (Phi) is 3.71. The number of benzene rings is 1. The molecule has 18 heavy (non-hydrogen) atoms. The van der Waals surface area contributed by atoms with Crippen molar-refractivity contribution in [1.29, 1.82) is 0 Å². The minimum atomic E-state index is -0.952. The fraction of sp³-hybridized carbons (Fsp3) is 0.455. The van der Waals surface area contributed by atoms with Crippen LogP contribution in [0.5, 0.6) is 0 Å². The lowest BCUT2D eigenvalue weighted by Crippen LogP contribution is -2.35. The molecular weight excluding hydrogens is 244 g/mol. The molecule has 1 aliphatic rings. The lowest BCUT2D eigenvalue weighted by molar-refractivity contribution is -0.385. The summed E-state index contributed by atoms with van der Waals surface area (Å²) in [6.07, 6.45) is 3.02. The van der Waals surface area contributed by atoms with E-state index in [1.165, 1.54) is 0 Å². The van der Waals surface area contributed by atoms with Gasteiger partial charge in [-0.05, 0) is 12.8 Å². The van der Waals surface area contributed by atoms with E-state index < -0.39 is 22.2 Å². The molecule has 5 nitrogen and oxygen atoms in total. The Hall–Kier alpha value is -1.76. The first-order valence-electron chi connectivity index (χ1n) is 5.73. The summed E-state index contributed by atoms with van der Waals surface area (Å²) in [5, 5.41) is 12.2. The number of anilines is 1. The van der Waals surface area contributed by atoms with Crippen LogP contribution in [0.25, 0.3) is 0 Å². The topological polar surface area (TPSA) is 58.4 Å². The summed E-state index contributed by atoms with van der Waals surface area (Å²) < 4.78 is 27.2. The summed E-state index contributed by atoms with van der Waals surface area (Å²) in [7, 11) is 0. The molecule has 1 aromatic carbocycles. The van der Waals surface area contributed by atoms with Crippen molar-refractivity contribution in [3.63, 3.8) is 0 Å². The van der Waals surface area contributed by atoms with Crippen molar-refractivity contribution < 1.29 is 13.7 Å². The highest BCUT2D eigenvalue weighted by Gasteiger charge is 2.19. The zero-order valence-electron chi connectivity index (χ0n) is 9.66. The van der Waals surface area contributed by atoms with E-state index in [2.05, 4.69) is 5.43 Å². The number of nitrogens with zero attached hydrogens (tertiary/aromatic N) is 2. The van der Waals surface area contributed by atoms with Crippen LogP contribution in [0, 0.1) is 21.7 Å². The van der Waals surface area contributed by atoms with Crippen molar-refractivity contribution in [1.82, 2.24) is 5.01 Å². The summed E-state index contributed by atoms with van der Waals surface area (Å²) in [5.74, 6) is -1.90. The first-order chi connectivity index (χ1) is 8.58. The largest absolute Gasteiger partial charge is 0.314 e. The Bertz CT molecular complexity index is 439. The van der Waals surface area contributed by atoms with Crippen LogP contribution in [-0.4, -0.2) is 23.0 Å². The van der Waals surface area contributed by atoms with Gasteiger partial charge in [-0.3, -0.25) is 10.1 Å². The highest BCUT2D eigenvalue weighted by atomic mass is 19.1. The van der Waals surface area contributed by atoms with Gasteiger partial charge < -0.3 is 5.43 Å². The van der Waals surface area contributed by atoms with Gasteiger partial charge >= 0.3 is 0 Å². The van der Waals surface area contributed by atoms with Crippen LogP contribution < -0.4 is 5.43 Å². The molecule has 1 fully saturated rings. The molecule has 0 saturated carbocycles. The van der Waals surface area contributed by atoms with Crippen LogP contribution in [0.2, 0.25) is 0 Å². The average molecular weight is 257 g/mol. The molecule has 1 saturated heterocycles. The Morgan fingerprint density at radius 2 is 1.72 bits per heavy atom.